The van der Waals surface area contributed by atoms with Gasteiger partial charge in [-0.2, -0.15) is 0 Å². The molecule has 0 bridgehead atoms. The van der Waals surface area contributed by atoms with Crippen molar-refractivity contribution >= 4 is 17.3 Å². The summed E-state index contributed by atoms with van der Waals surface area (Å²) in [4.78, 5) is 18.3. The highest BCUT2D eigenvalue weighted by atomic mass is 32.1. The third kappa shape index (κ3) is 3.28. The van der Waals surface area contributed by atoms with E-state index in [0.29, 0.717) is 11.5 Å². The lowest BCUT2D eigenvalue weighted by Crippen LogP contribution is -2.06. The van der Waals surface area contributed by atoms with Crippen LogP contribution in [0.5, 0.6) is 0 Å². The molecule has 0 aliphatic heterocycles. The van der Waals surface area contributed by atoms with Crippen LogP contribution in [0.4, 0.5) is 0 Å². The molecule has 0 aliphatic carbocycles. The molecule has 0 spiro atoms. The predicted octanol–water partition coefficient (Wildman–Crippen LogP) is 1.98. The SMILES string of the molecule is CCOC(=O)c1ncsc1C#CCN=[N+]=[N-]. The number of esters is 1. The fourth-order valence-corrected chi connectivity index (χ4v) is 1.51. The smallest absolute Gasteiger partial charge is 0.359 e. The quantitative estimate of drug-likeness (QED) is 0.264. The minimum atomic E-state index is -0.489. The van der Waals surface area contributed by atoms with Crippen LogP contribution in [0.25, 0.3) is 10.4 Å². The van der Waals surface area contributed by atoms with Gasteiger partial charge in [0.15, 0.2) is 5.69 Å². The number of aromatic nitrogens is 1. The van der Waals surface area contributed by atoms with Gasteiger partial charge in [0.05, 0.1) is 18.7 Å². The third-order valence-corrected chi connectivity index (χ3v) is 2.19. The Morgan fingerprint density at radius 3 is 3.31 bits per heavy atom. The molecule has 6 nitrogen and oxygen atoms in total. The average molecular weight is 236 g/mol. The summed E-state index contributed by atoms with van der Waals surface area (Å²) in [5, 5.41) is 3.26. The van der Waals surface area contributed by atoms with Crippen molar-refractivity contribution < 1.29 is 9.53 Å². The van der Waals surface area contributed by atoms with E-state index in [0.717, 1.165) is 0 Å². The standard InChI is InChI=1S/C9H8N4O2S/c1-2-15-9(14)8-7(16-6-11-8)4-3-5-12-13-10/h6H,2,5H2,1H3. The zero-order valence-corrected chi connectivity index (χ0v) is 9.32. The molecule has 16 heavy (non-hydrogen) atoms. The number of ether oxygens (including phenoxy) is 1. The van der Waals surface area contributed by atoms with Gasteiger partial charge in [-0.05, 0) is 12.5 Å². The first-order valence-electron chi connectivity index (χ1n) is 4.40. The van der Waals surface area contributed by atoms with Crippen molar-refractivity contribution in [2.45, 2.75) is 6.92 Å². The molecule has 7 heteroatoms. The number of rotatable bonds is 3. The molecule has 0 radical (unpaired) electrons. The van der Waals surface area contributed by atoms with Gasteiger partial charge in [-0.25, -0.2) is 9.78 Å². The minimum Gasteiger partial charge on any atom is -0.461 e. The summed E-state index contributed by atoms with van der Waals surface area (Å²) in [7, 11) is 0. The normalized spacial score (nSPS) is 8.56. The molecule has 0 fully saturated rings. The maximum atomic E-state index is 11.4. The molecule has 0 unspecified atom stereocenters. The lowest BCUT2D eigenvalue weighted by Gasteiger charge is -1.97. The van der Waals surface area contributed by atoms with Crippen LogP contribution in [0, 0.1) is 11.8 Å². The molecule has 0 atom stereocenters. The number of hydrogen-bond donors (Lipinski definition) is 0. The molecule has 0 saturated heterocycles. The Morgan fingerprint density at radius 2 is 2.62 bits per heavy atom. The zero-order valence-electron chi connectivity index (χ0n) is 8.51. The van der Waals surface area contributed by atoms with Crippen molar-refractivity contribution in [3.63, 3.8) is 0 Å². The van der Waals surface area contributed by atoms with Gasteiger partial charge in [-0.3, -0.25) is 0 Å². The van der Waals surface area contributed by atoms with Crippen molar-refractivity contribution in [3.05, 3.63) is 26.5 Å². The Kier molecular flexibility index (Phi) is 4.86. The van der Waals surface area contributed by atoms with E-state index in [1.165, 1.54) is 16.8 Å². The number of carbonyl (C=O) groups is 1. The molecule has 1 aromatic heterocycles. The van der Waals surface area contributed by atoms with E-state index in [9.17, 15) is 4.79 Å². The van der Waals surface area contributed by atoms with E-state index < -0.39 is 5.97 Å². The van der Waals surface area contributed by atoms with Gasteiger partial charge in [-0.1, -0.05) is 17.0 Å². The Morgan fingerprint density at radius 1 is 1.81 bits per heavy atom. The molecule has 82 valence electrons. The molecule has 0 N–H and O–H groups in total. The largest absolute Gasteiger partial charge is 0.461 e. The van der Waals surface area contributed by atoms with Gasteiger partial charge in [0.2, 0.25) is 0 Å². The monoisotopic (exact) mass is 236 g/mol. The predicted molar refractivity (Wildman–Crippen MR) is 59.0 cm³/mol. The van der Waals surface area contributed by atoms with E-state index >= 15 is 0 Å². The molecule has 0 aliphatic rings. The van der Waals surface area contributed by atoms with Crippen LogP contribution >= 0.6 is 11.3 Å². The molecule has 0 aromatic carbocycles. The van der Waals surface area contributed by atoms with Gasteiger partial charge in [0.1, 0.15) is 4.88 Å². The second kappa shape index (κ2) is 6.45. The zero-order chi connectivity index (χ0) is 11.8. The summed E-state index contributed by atoms with van der Waals surface area (Å²) in [6.07, 6.45) is 0. The minimum absolute atomic E-state index is 0.0661. The first kappa shape index (κ1) is 12.0. The first-order valence-corrected chi connectivity index (χ1v) is 5.28. The lowest BCUT2D eigenvalue weighted by atomic mass is 10.3. The Balaban J connectivity index is 2.80. The number of carbonyl (C=O) groups excluding carboxylic acids is 1. The van der Waals surface area contributed by atoms with E-state index in [-0.39, 0.29) is 12.2 Å². The summed E-state index contributed by atoms with van der Waals surface area (Å²) >= 11 is 1.24. The van der Waals surface area contributed by atoms with Gasteiger partial charge >= 0.3 is 5.97 Å². The third-order valence-electron chi connectivity index (χ3n) is 1.45. The Hall–Kier alpha value is -2.03. The van der Waals surface area contributed by atoms with E-state index in [1.807, 2.05) is 0 Å². The summed E-state index contributed by atoms with van der Waals surface area (Å²) in [6, 6.07) is 0. The fraction of sp³-hybridized carbons (Fsp3) is 0.333. The molecule has 1 rings (SSSR count). The van der Waals surface area contributed by atoms with E-state index in [1.54, 1.807) is 6.92 Å². The van der Waals surface area contributed by atoms with Crippen molar-refractivity contribution in [2.75, 3.05) is 13.2 Å². The molecule has 1 aromatic rings. The van der Waals surface area contributed by atoms with Crippen LogP contribution in [0.3, 0.4) is 0 Å². The second-order valence-corrected chi connectivity index (χ2v) is 3.30. The number of hydrogen-bond acceptors (Lipinski definition) is 5. The summed E-state index contributed by atoms with van der Waals surface area (Å²) in [5.41, 5.74) is 9.77. The second-order valence-electron chi connectivity index (χ2n) is 2.44. The molecular formula is C9H8N4O2S. The van der Waals surface area contributed by atoms with Gasteiger partial charge in [0.25, 0.3) is 0 Å². The fourth-order valence-electron chi connectivity index (χ4n) is 0.867. The highest BCUT2D eigenvalue weighted by Gasteiger charge is 2.13. The number of thiazole rings is 1. The topological polar surface area (TPSA) is 88.0 Å². The highest BCUT2D eigenvalue weighted by molar-refractivity contribution is 7.10. The molecule has 1 heterocycles. The van der Waals surface area contributed by atoms with Crippen molar-refractivity contribution in [2.24, 2.45) is 5.11 Å². The Bertz CT molecular complexity index is 479. The Labute approximate surface area is 95.9 Å². The van der Waals surface area contributed by atoms with Crippen LogP contribution in [0.2, 0.25) is 0 Å². The van der Waals surface area contributed by atoms with E-state index in [4.69, 9.17) is 10.3 Å². The summed E-state index contributed by atoms with van der Waals surface area (Å²) in [5.74, 6) is 4.84. The van der Waals surface area contributed by atoms with Gasteiger partial charge in [0, 0.05) is 4.91 Å². The summed E-state index contributed by atoms with van der Waals surface area (Å²) in [6.45, 7) is 2.08. The number of nitrogens with zero attached hydrogens (tertiary/aromatic N) is 4. The highest BCUT2D eigenvalue weighted by Crippen LogP contribution is 2.12. The van der Waals surface area contributed by atoms with Crippen LogP contribution in [-0.4, -0.2) is 24.1 Å². The van der Waals surface area contributed by atoms with Gasteiger partial charge < -0.3 is 4.74 Å². The lowest BCUT2D eigenvalue weighted by molar-refractivity contribution is 0.0520. The van der Waals surface area contributed by atoms with Gasteiger partial charge in [-0.15, -0.1) is 11.3 Å². The summed E-state index contributed by atoms with van der Waals surface area (Å²) < 4.78 is 4.81. The first-order chi connectivity index (χ1) is 7.79. The van der Waals surface area contributed by atoms with Crippen LogP contribution in [0.15, 0.2) is 10.6 Å². The van der Waals surface area contributed by atoms with Crippen LogP contribution < -0.4 is 0 Å². The van der Waals surface area contributed by atoms with Crippen LogP contribution in [0.1, 0.15) is 22.3 Å². The maximum absolute atomic E-state index is 11.4. The average Bonchev–Trinajstić information content (AvgIpc) is 2.73. The van der Waals surface area contributed by atoms with Crippen molar-refractivity contribution in [3.8, 4) is 11.8 Å². The van der Waals surface area contributed by atoms with Crippen molar-refractivity contribution in [1.82, 2.24) is 4.98 Å². The van der Waals surface area contributed by atoms with Crippen molar-refractivity contribution in [1.29, 1.82) is 0 Å². The maximum Gasteiger partial charge on any atom is 0.359 e. The molecular weight excluding hydrogens is 228 g/mol. The molecule has 0 saturated carbocycles. The van der Waals surface area contributed by atoms with E-state index in [2.05, 4.69) is 26.9 Å². The molecule has 0 amide bonds. The number of azide groups is 1. The van der Waals surface area contributed by atoms with Crippen LogP contribution in [-0.2, 0) is 4.74 Å².